The van der Waals surface area contributed by atoms with Gasteiger partial charge < -0.3 is 9.84 Å². The van der Waals surface area contributed by atoms with Crippen LogP contribution in [0.3, 0.4) is 0 Å². The molecule has 2 atom stereocenters. The van der Waals surface area contributed by atoms with Gasteiger partial charge in [0.05, 0.1) is 13.7 Å². The lowest BCUT2D eigenvalue weighted by Gasteiger charge is -2.35. The van der Waals surface area contributed by atoms with E-state index in [-0.39, 0.29) is 17.5 Å². The summed E-state index contributed by atoms with van der Waals surface area (Å²) >= 11 is 7.02. The lowest BCUT2D eigenvalue weighted by atomic mass is 9.79. The summed E-state index contributed by atoms with van der Waals surface area (Å²) in [5.41, 5.74) is -0.949. The molecule has 0 aliphatic heterocycles. The first-order valence-electron chi connectivity index (χ1n) is 8.16. The molecular weight excluding hydrogens is 381 g/mol. The van der Waals surface area contributed by atoms with Crippen molar-refractivity contribution in [1.29, 1.82) is 0 Å². The van der Waals surface area contributed by atoms with Crippen LogP contribution in [0.15, 0.2) is 29.7 Å². The zero-order chi connectivity index (χ0) is 18.9. The lowest BCUT2D eigenvalue weighted by molar-refractivity contribution is -0.0462. The number of nitrogens with zero attached hydrogens (tertiary/aromatic N) is 3. The molecule has 3 rings (SSSR count). The van der Waals surface area contributed by atoms with Gasteiger partial charge in [0.1, 0.15) is 17.7 Å². The normalized spacial score (nSPS) is 17.6. The summed E-state index contributed by atoms with van der Waals surface area (Å²) < 4.78 is 19.6. The molecule has 0 saturated heterocycles. The average Bonchev–Trinajstić information content (AvgIpc) is 3.36. The van der Waals surface area contributed by atoms with E-state index in [9.17, 15) is 14.3 Å². The van der Waals surface area contributed by atoms with Crippen molar-refractivity contribution in [3.8, 4) is 0 Å². The first kappa shape index (κ1) is 19.1. The van der Waals surface area contributed by atoms with Gasteiger partial charge in [-0.3, -0.25) is 0 Å². The SMILES string of the molecule is COC(=O)Sc1ncnn1CC(O)(c1ccc(F)cc1Cl)C(C)C1CC1. The van der Waals surface area contributed by atoms with Crippen molar-refractivity contribution in [3.05, 3.63) is 40.9 Å². The number of aliphatic hydroxyl groups is 1. The number of ether oxygens (including phenoxy) is 1. The Bertz CT molecular complexity index is 814. The average molecular weight is 400 g/mol. The van der Waals surface area contributed by atoms with Crippen LogP contribution in [0.5, 0.6) is 0 Å². The highest BCUT2D eigenvalue weighted by Gasteiger charge is 2.46. The molecule has 1 aliphatic rings. The van der Waals surface area contributed by atoms with Crippen molar-refractivity contribution < 1.29 is 19.0 Å². The first-order chi connectivity index (χ1) is 12.3. The molecule has 1 fully saturated rings. The predicted octanol–water partition coefficient (Wildman–Crippen LogP) is 3.86. The Kier molecular flexibility index (Phi) is 5.55. The van der Waals surface area contributed by atoms with E-state index in [0.29, 0.717) is 16.6 Å². The fraction of sp³-hybridized carbons (Fsp3) is 0.471. The molecule has 1 saturated carbocycles. The Labute approximate surface area is 159 Å². The summed E-state index contributed by atoms with van der Waals surface area (Å²) in [6, 6.07) is 3.96. The molecular formula is C17H19ClFN3O3S. The molecule has 1 aliphatic carbocycles. The Morgan fingerprint density at radius 3 is 2.92 bits per heavy atom. The summed E-state index contributed by atoms with van der Waals surface area (Å²) in [5.74, 6) is -0.255. The third-order valence-corrected chi connectivity index (χ3v) is 5.94. The number of rotatable bonds is 6. The zero-order valence-electron chi connectivity index (χ0n) is 14.4. The second-order valence-electron chi connectivity index (χ2n) is 6.43. The highest BCUT2D eigenvalue weighted by molar-refractivity contribution is 8.13. The molecule has 1 N–H and O–H groups in total. The van der Waals surface area contributed by atoms with E-state index in [2.05, 4.69) is 14.8 Å². The van der Waals surface area contributed by atoms with E-state index in [4.69, 9.17) is 11.6 Å². The maximum atomic E-state index is 13.5. The number of hydrogen-bond acceptors (Lipinski definition) is 6. The molecule has 0 radical (unpaired) electrons. The standard InChI is InChI=1S/C17H19ClFN3O3S/c1-10(11-3-4-11)17(24,13-6-5-12(19)7-14(13)18)8-22-15(20-9-21-22)26-16(23)25-2/h5-7,9-11,24H,3-4,8H2,1-2H3. The molecule has 2 aromatic rings. The van der Waals surface area contributed by atoms with Gasteiger partial charge in [-0.15, -0.1) is 0 Å². The van der Waals surface area contributed by atoms with Crippen LogP contribution in [-0.4, -0.2) is 32.3 Å². The molecule has 140 valence electrons. The van der Waals surface area contributed by atoms with E-state index in [1.807, 2.05) is 6.92 Å². The molecule has 6 nitrogen and oxygen atoms in total. The monoisotopic (exact) mass is 399 g/mol. The minimum Gasteiger partial charge on any atom is -0.461 e. The highest BCUT2D eigenvalue weighted by atomic mass is 35.5. The second kappa shape index (κ2) is 7.54. The number of benzene rings is 1. The Balaban J connectivity index is 1.97. The molecule has 1 aromatic heterocycles. The maximum absolute atomic E-state index is 13.5. The van der Waals surface area contributed by atoms with Gasteiger partial charge in [-0.1, -0.05) is 24.6 Å². The number of carbonyl (C=O) groups excluding carboxylic acids is 1. The highest BCUT2D eigenvalue weighted by Crippen LogP contribution is 2.48. The smallest absolute Gasteiger partial charge is 0.374 e. The number of hydrogen-bond donors (Lipinski definition) is 1. The van der Waals surface area contributed by atoms with Gasteiger partial charge in [-0.25, -0.2) is 18.9 Å². The number of thioether (sulfide) groups is 1. The molecule has 0 spiro atoms. The summed E-state index contributed by atoms with van der Waals surface area (Å²) in [5, 5.41) is 15.7. The zero-order valence-corrected chi connectivity index (χ0v) is 15.9. The lowest BCUT2D eigenvalue weighted by Crippen LogP contribution is -2.40. The maximum Gasteiger partial charge on any atom is 0.374 e. The fourth-order valence-corrected chi connectivity index (χ4v) is 3.97. The molecule has 0 bridgehead atoms. The van der Waals surface area contributed by atoms with Gasteiger partial charge in [0.2, 0.25) is 0 Å². The van der Waals surface area contributed by atoms with Crippen molar-refractivity contribution in [2.75, 3.05) is 7.11 Å². The predicted molar refractivity (Wildman–Crippen MR) is 95.5 cm³/mol. The van der Waals surface area contributed by atoms with Crippen LogP contribution in [0.2, 0.25) is 5.02 Å². The third kappa shape index (κ3) is 3.87. The van der Waals surface area contributed by atoms with E-state index in [0.717, 1.165) is 24.6 Å². The number of methoxy groups -OCH3 is 1. The van der Waals surface area contributed by atoms with E-state index in [1.54, 1.807) is 0 Å². The van der Waals surface area contributed by atoms with Crippen molar-refractivity contribution >= 4 is 28.7 Å². The van der Waals surface area contributed by atoms with Crippen molar-refractivity contribution in [2.45, 2.75) is 37.1 Å². The van der Waals surface area contributed by atoms with Gasteiger partial charge >= 0.3 is 5.30 Å². The van der Waals surface area contributed by atoms with Crippen LogP contribution < -0.4 is 0 Å². The summed E-state index contributed by atoms with van der Waals surface area (Å²) in [6.45, 7) is 1.98. The summed E-state index contributed by atoms with van der Waals surface area (Å²) in [6.07, 6.45) is 3.34. The van der Waals surface area contributed by atoms with Crippen LogP contribution in [0.4, 0.5) is 9.18 Å². The van der Waals surface area contributed by atoms with E-state index < -0.39 is 16.7 Å². The van der Waals surface area contributed by atoms with Crippen LogP contribution in [0.1, 0.15) is 25.3 Å². The Hall–Kier alpha value is -1.64. The number of halogens is 2. The minimum atomic E-state index is -1.38. The first-order valence-corrected chi connectivity index (χ1v) is 9.36. The van der Waals surface area contributed by atoms with Crippen molar-refractivity contribution in [1.82, 2.24) is 14.8 Å². The quantitative estimate of drug-likeness (QED) is 0.587. The fourth-order valence-electron chi connectivity index (χ4n) is 3.09. The molecule has 2 unspecified atom stereocenters. The molecule has 26 heavy (non-hydrogen) atoms. The second-order valence-corrected chi connectivity index (χ2v) is 7.74. The van der Waals surface area contributed by atoms with Crippen molar-refractivity contribution in [3.63, 3.8) is 0 Å². The van der Waals surface area contributed by atoms with Crippen LogP contribution in [-0.2, 0) is 16.9 Å². The van der Waals surface area contributed by atoms with Gasteiger partial charge in [-0.05, 0) is 36.8 Å². The largest absolute Gasteiger partial charge is 0.461 e. The summed E-state index contributed by atoms with van der Waals surface area (Å²) in [4.78, 5) is 15.6. The molecule has 1 aromatic carbocycles. The van der Waals surface area contributed by atoms with E-state index >= 15 is 0 Å². The van der Waals surface area contributed by atoms with Gasteiger partial charge in [-0.2, -0.15) is 5.10 Å². The minimum absolute atomic E-state index is 0.0371. The van der Waals surface area contributed by atoms with Gasteiger partial charge in [0.25, 0.3) is 0 Å². The molecule has 0 amide bonds. The summed E-state index contributed by atoms with van der Waals surface area (Å²) in [7, 11) is 1.28. The Morgan fingerprint density at radius 2 is 2.31 bits per heavy atom. The number of aromatic nitrogens is 3. The molecule has 1 heterocycles. The van der Waals surface area contributed by atoms with Crippen LogP contribution in [0.25, 0.3) is 0 Å². The topological polar surface area (TPSA) is 77.2 Å². The molecule has 9 heteroatoms. The van der Waals surface area contributed by atoms with Crippen LogP contribution >= 0.6 is 23.4 Å². The van der Waals surface area contributed by atoms with Crippen LogP contribution in [0, 0.1) is 17.7 Å². The van der Waals surface area contributed by atoms with Gasteiger partial charge in [0.15, 0.2) is 5.16 Å². The van der Waals surface area contributed by atoms with Gasteiger partial charge in [0, 0.05) is 22.3 Å². The number of carbonyl (C=O) groups is 1. The van der Waals surface area contributed by atoms with E-state index in [1.165, 1.54) is 36.3 Å². The van der Waals surface area contributed by atoms with Crippen molar-refractivity contribution in [2.24, 2.45) is 11.8 Å². The Morgan fingerprint density at radius 1 is 1.58 bits per heavy atom. The third-order valence-electron chi connectivity index (χ3n) is 4.79.